The van der Waals surface area contributed by atoms with Crippen molar-refractivity contribution in [2.75, 3.05) is 19.7 Å². The first-order valence-corrected chi connectivity index (χ1v) is 4.29. The Morgan fingerprint density at radius 3 is 3.00 bits per heavy atom. The van der Waals surface area contributed by atoms with E-state index in [1.165, 1.54) is 6.07 Å². The van der Waals surface area contributed by atoms with Crippen LogP contribution in [0, 0.1) is 0 Å². The molecule has 0 radical (unpaired) electrons. The number of hydrogen-bond acceptors (Lipinski definition) is 5. The molecule has 1 aromatic heterocycles. The van der Waals surface area contributed by atoms with E-state index in [2.05, 4.69) is 15.0 Å². The molecule has 0 amide bonds. The Morgan fingerprint density at radius 1 is 1.67 bits per heavy atom. The second kappa shape index (κ2) is 5.11. The van der Waals surface area contributed by atoms with Crippen molar-refractivity contribution in [2.24, 2.45) is 0 Å². The van der Waals surface area contributed by atoms with Crippen molar-refractivity contribution < 1.29 is 19.2 Å². The second-order valence-electron chi connectivity index (χ2n) is 2.98. The van der Waals surface area contributed by atoms with Gasteiger partial charge in [-0.25, -0.2) is 4.79 Å². The lowest BCUT2D eigenvalue weighted by molar-refractivity contribution is 0.0231. The van der Waals surface area contributed by atoms with Crippen LogP contribution in [0.2, 0.25) is 0 Å². The molecule has 1 unspecified atom stereocenters. The molecule has 0 spiro atoms. The lowest BCUT2D eigenvalue weighted by atomic mass is 10.2. The number of nitrogens with one attached hydrogen (secondary N) is 1. The SMILES string of the molecule is Cl.O=C(O)c1cc(C2CNCCO2)no1. The Labute approximate surface area is 92.0 Å². The van der Waals surface area contributed by atoms with E-state index in [4.69, 9.17) is 9.84 Å². The van der Waals surface area contributed by atoms with E-state index in [-0.39, 0.29) is 24.3 Å². The summed E-state index contributed by atoms with van der Waals surface area (Å²) in [5, 5.41) is 15.4. The maximum Gasteiger partial charge on any atom is 0.374 e. The number of ether oxygens (including phenoxy) is 1. The molecule has 15 heavy (non-hydrogen) atoms. The molecule has 6 nitrogen and oxygen atoms in total. The van der Waals surface area contributed by atoms with Crippen molar-refractivity contribution in [3.8, 4) is 0 Å². The Hall–Kier alpha value is -1.11. The Morgan fingerprint density at radius 2 is 2.47 bits per heavy atom. The highest BCUT2D eigenvalue weighted by Gasteiger charge is 2.21. The maximum atomic E-state index is 10.5. The number of carboxylic acids is 1. The van der Waals surface area contributed by atoms with Crippen LogP contribution in [0.1, 0.15) is 22.4 Å². The van der Waals surface area contributed by atoms with Crippen molar-refractivity contribution in [1.82, 2.24) is 10.5 Å². The highest BCUT2D eigenvalue weighted by atomic mass is 35.5. The van der Waals surface area contributed by atoms with Crippen LogP contribution in [0.3, 0.4) is 0 Å². The Kier molecular flexibility index (Phi) is 4.07. The molecule has 1 saturated heterocycles. The van der Waals surface area contributed by atoms with E-state index in [0.29, 0.717) is 18.8 Å². The molecule has 1 aliphatic heterocycles. The van der Waals surface area contributed by atoms with Crippen LogP contribution in [-0.2, 0) is 4.74 Å². The van der Waals surface area contributed by atoms with Gasteiger partial charge in [0.1, 0.15) is 11.8 Å². The molecule has 1 aromatic rings. The summed E-state index contributed by atoms with van der Waals surface area (Å²) in [5.74, 6) is -1.28. The smallest absolute Gasteiger partial charge is 0.374 e. The zero-order chi connectivity index (χ0) is 9.97. The van der Waals surface area contributed by atoms with Gasteiger partial charge in [-0.1, -0.05) is 5.16 Å². The Balaban J connectivity index is 0.00000112. The predicted octanol–water partition coefficient (Wildman–Crippen LogP) is 0.455. The number of carbonyl (C=O) groups is 1. The van der Waals surface area contributed by atoms with Gasteiger partial charge in [0.05, 0.1) is 6.61 Å². The molecule has 7 heteroatoms. The van der Waals surface area contributed by atoms with Crippen LogP contribution in [0.25, 0.3) is 0 Å². The van der Waals surface area contributed by atoms with Gasteiger partial charge < -0.3 is 19.7 Å². The molecule has 84 valence electrons. The summed E-state index contributed by atoms with van der Waals surface area (Å²) < 4.78 is 10.0. The number of carboxylic acid groups (broad SMARTS) is 1. The Bertz CT molecular complexity index is 335. The van der Waals surface area contributed by atoms with Crippen molar-refractivity contribution in [2.45, 2.75) is 6.10 Å². The molecule has 2 N–H and O–H groups in total. The number of morpholine rings is 1. The number of rotatable bonds is 2. The zero-order valence-electron chi connectivity index (χ0n) is 7.80. The van der Waals surface area contributed by atoms with E-state index >= 15 is 0 Å². The van der Waals surface area contributed by atoms with Crippen molar-refractivity contribution in [1.29, 1.82) is 0 Å². The minimum atomic E-state index is -1.12. The van der Waals surface area contributed by atoms with Gasteiger partial charge in [0.15, 0.2) is 0 Å². The van der Waals surface area contributed by atoms with E-state index in [0.717, 1.165) is 6.54 Å². The first-order valence-electron chi connectivity index (χ1n) is 4.29. The van der Waals surface area contributed by atoms with E-state index < -0.39 is 5.97 Å². The molecule has 2 rings (SSSR count). The molecule has 1 aliphatic rings. The van der Waals surface area contributed by atoms with Crippen LogP contribution in [0.4, 0.5) is 0 Å². The van der Waals surface area contributed by atoms with Gasteiger partial charge in [0.25, 0.3) is 0 Å². The first kappa shape index (κ1) is 12.0. The van der Waals surface area contributed by atoms with E-state index in [1.54, 1.807) is 0 Å². The molecule has 0 aromatic carbocycles. The molecule has 0 aliphatic carbocycles. The van der Waals surface area contributed by atoms with Crippen LogP contribution >= 0.6 is 12.4 Å². The topological polar surface area (TPSA) is 84.6 Å². The zero-order valence-corrected chi connectivity index (χ0v) is 8.62. The van der Waals surface area contributed by atoms with Gasteiger partial charge in [0, 0.05) is 19.2 Å². The lowest BCUT2D eigenvalue weighted by Gasteiger charge is -2.21. The average Bonchev–Trinajstić information content (AvgIpc) is 2.68. The third-order valence-corrected chi connectivity index (χ3v) is 2.00. The van der Waals surface area contributed by atoms with Crippen LogP contribution < -0.4 is 5.32 Å². The van der Waals surface area contributed by atoms with Gasteiger partial charge in [-0.05, 0) is 0 Å². The third kappa shape index (κ3) is 2.68. The summed E-state index contributed by atoms with van der Waals surface area (Å²) in [6.45, 7) is 2.03. The number of aromatic carboxylic acids is 1. The van der Waals surface area contributed by atoms with Crippen LogP contribution in [0.5, 0.6) is 0 Å². The van der Waals surface area contributed by atoms with Crippen molar-refractivity contribution >= 4 is 18.4 Å². The summed E-state index contributed by atoms with van der Waals surface area (Å²) in [6.07, 6.45) is -0.208. The normalized spacial score (nSPS) is 20.7. The summed E-state index contributed by atoms with van der Waals surface area (Å²) in [6, 6.07) is 1.39. The minimum absolute atomic E-state index is 0. The number of hydrogen-bond donors (Lipinski definition) is 2. The largest absolute Gasteiger partial charge is 0.475 e. The van der Waals surface area contributed by atoms with Gasteiger partial charge >= 0.3 is 5.97 Å². The number of halogens is 1. The van der Waals surface area contributed by atoms with Crippen LogP contribution in [-0.4, -0.2) is 35.9 Å². The summed E-state index contributed by atoms with van der Waals surface area (Å²) in [5.41, 5.74) is 0.523. The van der Waals surface area contributed by atoms with Crippen molar-refractivity contribution in [3.05, 3.63) is 17.5 Å². The molecule has 1 atom stereocenters. The van der Waals surface area contributed by atoms with E-state index in [9.17, 15) is 4.79 Å². The average molecular weight is 235 g/mol. The van der Waals surface area contributed by atoms with Gasteiger partial charge in [0.2, 0.25) is 5.76 Å². The fraction of sp³-hybridized carbons (Fsp3) is 0.500. The number of nitrogens with zero attached hydrogens (tertiary/aromatic N) is 1. The predicted molar refractivity (Wildman–Crippen MR) is 52.3 cm³/mol. The minimum Gasteiger partial charge on any atom is -0.475 e. The van der Waals surface area contributed by atoms with Crippen LogP contribution in [0.15, 0.2) is 10.6 Å². The maximum absolute atomic E-state index is 10.5. The van der Waals surface area contributed by atoms with Gasteiger partial charge in [-0.15, -0.1) is 12.4 Å². The quantitative estimate of drug-likeness (QED) is 0.773. The standard InChI is InChI=1S/C8H10N2O4.ClH/c11-8(12)6-3-5(10-14-6)7-4-9-1-2-13-7;/h3,7,9H,1-2,4H2,(H,11,12);1H. The first-order chi connectivity index (χ1) is 6.77. The second-order valence-corrected chi connectivity index (χ2v) is 2.98. The molecular formula is C8H11ClN2O4. The number of aromatic nitrogens is 1. The summed E-state index contributed by atoms with van der Waals surface area (Å²) >= 11 is 0. The summed E-state index contributed by atoms with van der Waals surface area (Å²) in [4.78, 5) is 10.5. The summed E-state index contributed by atoms with van der Waals surface area (Å²) in [7, 11) is 0. The van der Waals surface area contributed by atoms with Crippen molar-refractivity contribution in [3.63, 3.8) is 0 Å². The molecule has 2 heterocycles. The van der Waals surface area contributed by atoms with Gasteiger partial charge in [-0.3, -0.25) is 0 Å². The molecular weight excluding hydrogens is 224 g/mol. The fourth-order valence-corrected chi connectivity index (χ4v) is 1.30. The van der Waals surface area contributed by atoms with E-state index in [1.807, 2.05) is 0 Å². The van der Waals surface area contributed by atoms with Gasteiger partial charge in [-0.2, -0.15) is 0 Å². The third-order valence-electron chi connectivity index (χ3n) is 2.00. The monoisotopic (exact) mass is 234 g/mol. The highest BCUT2D eigenvalue weighted by molar-refractivity contribution is 5.85. The molecule has 0 saturated carbocycles. The lowest BCUT2D eigenvalue weighted by Crippen LogP contribution is -2.33. The fourth-order valence-electron chi connectivity index (χ4n) is 1.30. The molecule has 0 bridgehead atoms. The molecule has 1 fully saturated rings. The highest BCUT2D eigenvalue weighted by Crippen LogP contribution is 2.18.